The fourth-order valence-electron chi connectivity index (χ4n) is 0. The fourth-order valence-corrected chi connectivity index (χ4v) is 0. The highest BCUT2D eigenvalue weighted by Gasteiger charge is 1.56. The van der Waals surface area contributed by atoms with Gasteiger partial charge in [-0.05, 0) is 4.53 Å². The molecule has 0 radical (unpaired) electrons. The van der Waals surface area contributed by atoms with E-state index < -0.39 is 0 Å². The molecule has 0 rings (SSSR count). The molecule has 4 heavy (non-hydrogen) atoms. The molecule has 0 aliphatic carbocycles. The lowest BCUT2D eigenvalue weighted by molar-refractivity contribution is -0.129. The summed E-state index contributed by atoms with van der Waals surface area (Å²) >= 11 is 0. The van der Waals surface area contributed by atoms with Crippen LogP contribution in [0.4, 0.5) is 4.53 Å². The second-order valence-electron chi connectivity index (χ2n) is 0.276. The summed E-state index contributed by atoms with van der Waals surface area (Å²) in [6.45, 7) is -0.347. The smallest absolute Gasteiger partial charge is 0.135 e. The first-order valence-electron chi connectivity index (χ1n) is 0.851. The van der Waals surface area contributed by atoms with Gasteiger partial charge in [-0.15, -0.1) is 0 Å². The lowest BCUT2D eigenvalue weighted by atomic mass is 11.4. The maximum absolute atomic E-state index is 10.1. The molecule has 0 saturated heterocycles. The predicted octanol–water partition coefficient (Wildman–Crippen LogP) is -0.196. The van der Waals surface area contributed by atoms with Crippen LogP contribution in [0.15, 0.2) is 0 Å². The maximum Gasteiger partial charge on any atom is 0.135 e. The van der Waals surface area contributed by atoms with E-state index in [9.17, 15) is 4.53 Å². The minimum Gasteiger partial charge on any atom is -0.306 e. The molecule has 0 saturated carbocycles. The van der Waals surface area contributed by atoms with E-state index in [1.165, 1.54) is 0 Å². The average molecular weight is 65.0 g/mol. The van der Waals surface area contributed by atoms with Crippen molar-refractivity contribution >= 4 is 0 Å². The lowest BCUT2D eigenvalue weighted by Crippen LogP contribution is -1.95. The minimum absolute atomic E-state index is 0.347. The van der Waals surface area contributed by atoms with E-state index in [-0.39, 0.29) is 6.73 Å². The van der Waals surface area contributed by atoms with Gasteiger partial charge in [0.05, 0.1) is 0 Å². The Morgan fingerprint density at radius 2 is 2.25 bits per heavy atom. The van der Waals surface area contributed by atoms with Crippen LogP contribution in [0, 0.1) is 0 Å². The summed E-state index contributed by atoms with van der Waals surface area (Å²) in [6.07, 6.45) is 0. The van der Waals surface area contributed by atoms with Crippen LogP contribution >= 0.6 is 0 Å². The highest BCUT2D eigenvalue weighted by Crippen LogP contribution is 1.55. The van der Waals surface area contributed by atoms with Crippen LogP contribution in [0.1, 0.15) is 0 Å². The van der Waals surface area contributed by atoms with Gasteiger partial charge in [-0.25, -0.2) is 0 Å². The van der Waals surface area contributed by atoms with Crippen LogP contribution < -0.4 is 5.73 Å². The van der Waals surface area contributed by atoms with Crippen molar-refractivity contribution in [3.63, 3.8) is 0 Å². The number of nitrogens with two attached hydrogens (primary N) is 1. The molecule has 0 bridgehead atoms. The Bertz CT molecular complexity index is 10.0. The molecule has 2 nitrogen and oxygen atoms in total. The third-order valence-corrected chi connectivity index (χ3v) is 0.0630. The number of hydrogen-bond donors (Lipinski definition) is 1. The topological polar surface area (TPSA) is 35.2 Å². The molecule has 0 atom stereocenters. The first-order valence-corrected chi connectivity index (χ1v) is 0.851. The van der Waals surface area contributed by atoms with Gasteiger partial charge in [0.15, 0.2) is 0 Å². The zero-order chi connectivity index (χ0) is 3.41. The quantitative estimate of drug-likeness (QED) is 0.429. The van der Waals surface area contributed by atoms with Crippen molar-refractivity contribution in [2.75, 3.05) is 6.73 Å². The Morgan fingerprint density at radius 1 is 2.00 bits per heavy atom. The highest BCUT2D eigenvalue weighted by atomic mass is 19.3. The van der Waals surface area contributed by atoms with E-state index in [1.54, 1.807) is 0 Å². The Hall–Kier alpha value is -0.150. The normalized spacial score (nSPS) is 7.50. The van der Waals surface area contributed by atoms with Gasteiger partial charge in [-0.2, -0.15) is 4.94 Å². The standard InChI is InChI=1S/CH4FNO/c2-4-1-3/h1,3H2. The molecule has 2 N–H and O–H groups in total. The number of halogens is 1. The molecule has 3 heteroatoms. The second-order valence-corrected chi connectivity index (χ2v) is 0.276. The van der Waals surface area contributed by atoms with E-state index in [0.717, 1.165) is 0 Å². The van der Waals surface area contributed by atoms with E-state index in [4.69, 9.17) is 0 Å². The predicted molar refractivity (Wildman–Crippen MR) is 11.2 cm³/mol. The van der Waals surface area contributed by atoms with Gasteiger partial charge in [0.25, 0.3) is 0 Å². The van der Waals surface area contributed by atoms with E-state index in [2.05, 4.69) is 10.7 Å². The Labute approximate surface area is 23.3 Å². The summed E-state index contributed by atoms with van der Waals surface area (Å²) in [6, 6.07) is 0. The summed E-state index contributed by atoms with van der Waals surface area (Å²) < 4.78 is 10.1. The van der Waals surface area contributed by atoms with Gasteiger partial charge in [0.2, 0.25) is 0 Å². The van der Waals surface area contributed by atoms with Gasteiger partial charge in [0.1, 0.15) is 6.73 Å². The van der Waals surface area contributed by atoms with Crippen LogP contribution in [-0.2, 0) is 4.94 Å². The Balaban J connectivity index is 1.97. The molecule has 26 valence electrons. The molecule has 0 aromatic heterocycles. The molecule has 0 fully saturated rings. The molecule has 0 aliphatic heterocycles. The largest absolute Gasteiger partial charge is 0.306 e. The summed E-state index contributed by atoms with van der Waals surface area (Å²) in [7, 11) is 0. The first-order chi connectivity index (χ1) is 1.91. The summed E-state index contributed by atoms with van der Waals surface area (Å²) in [5.41, 5.74) is 4.43. The molecule has 0 aromatic carbocycles. The zero-order valence-electron chi connectivity index (χ0n) is 2.07. The molecule has 0 heterocycles. The minimum atomic E-state index is -0.347. The van der Waals surface area contributed by atoms with Crippen LogP contribution in [0.25, 0.3) is 0 Å². The summed E-state index contributed by atoms with van der Waals surface area (Å²) in [5.74, 6) is 0. The van der Waals surface area contributed by atoms with Crippen molar-refractivity contribution in [3.8, 4) is 0 Å². The van der Waals surface area contributed by atoms with Gasteiger partial charge < -0.3 is 5.73 Å². The Morgan fingerprint density at radius 3 is 2.25 bits per heavy atom. The van der Waals surface area contributed by atoms with Crippen LogP contribution in [-0.4, -0.2) is 6.73 Å². The molecule has 0 aliphatic rings. The van der Waals surface area contributed by atoms with Crippen molar-refractivity contribution in [2.24, 2.45) is 5.73 Å². The zero-order valence-corrected chi connectivity index (χ0v) is 2.07. The van der Waals surface area contributed by atoms with Gasteiger partial charge >= 0.3 is 0 Å². The van der Waals surface area contributed by atoms with Crippen molar-refractivity contribution in [1.82, 2.24) is 0 Å². The highest BCUT2D eigenvalue weighted by molar-refractivity contribution is 3.82. The SMILES string of the molecule is NCOF. The average Bonchev–Trinajstić information content (AvgIpc) is 1.37. The molecule has 0 unspecified atom stereocenters. The van der Waals surface area contributed by atoms with Crippen LogP contribution in [0.5, 0.6) is 0 Å². The first kappa shape index (κ1) is 3.85. The monoisotopic (exact) mass is 65.0 g/mol. The third kappa shape index (κ3) is 1.85. The molecule has 0 aromatic rings. The van der Waals surface area contributed by atoms with Crippen molar-refractivity contribution in [3.05, 3.63) is 0 Å². The molecular weight excluding hydrogens is 61.0 g/mol. The summed E-state index contributed by atoms with van der Waals surface area (Å²) in [5, 5.41) is 0. The molecule has 0 spiro atoms. The van der Waals surface area contributed by atoms with E-state index >= 15 is 0 Å². The maximum atomic E-state index is 10.1. The van der Waals surface area contributed by atoms with Gasteiger partial charge in [-0.1, -0.05) is 0 Å². The van der Waals surface area contributed by atoms with E-state index in [1.807, 2.05) is 0 Å². The number of rotatable bonds is 1. The second kappa shape index (κ2) is 2.85. The Kier molecular flexibility index (Phi) is 2.74. The fraction of sp³-hybridized carbons (Fsp3) is 1.00. The van der Waals surface area contributed by atoms with Crippen molar-refractivity contribution < 1.29 is 9.47 Å². The lowest BCUT2D eigenvalue weighted by Gasteiger charge is -1.69. The van der Waals surface area contributed by atoms with Crippen molar-refractivity contribution in [1.29, 1.82) is 0 Å². The molecular formula is CH4FNO. The van der Waals surface area contributed by atoms with Gasteiger partial charge in [0, 0.05) is 0 Å². The van der Waals surface area contributed by atoms with Crippen molar-refractivity contribution in [2.45, 2.75) is 0 Å². The summed E-state index contributed by atoms with van der Waals surface area (Å²) in [4.78, 5) is 2.82. The van der Waals surface area contributed by atoms with Crippen LogP contribution in [0.2, 0.25) is 0 Å². The number of hydrogen-bond acceptors (Lipinski definition) is 2. The molecule has 0 amide bonds. The van der Waals surface area contributed by atoms with Crippen LogP contribution in [0.3, 0.4) is 0 Å². The van der Waals surface area contributed by atoms with E-state index in [0.29, 0.717) is 0 Å². The third-order valence-electron chi connectivity index (χ3n) is 0.0630. The van der Waals surface area contributed by atoms with Gasteiger partial charge in [-0.3, -0.25) is 0 Å².